The number of piperazine rings is 1. The van der Waals surface area contributed by atoms with Crippen LogP contribution in [0, 0.1) is 0 Å². The number of hydrogen-bond acceptors (Lipinski definition) is 5. The molecule has 3 aliphatic rings. The number of aromatic nitrogens is 2. The van der Waals surface area contributed by atoms with E-state index in [1.807, 2.05) is 17.0 Å². The van der Waals surface area contributed by atoms with Gasteiger partial charge < -0.3 is 9.80 Å². The van der Waals surface area contributed by atoms with Crippen molar-refractivity contribution in [2.24, 2.45) is 0 Å². The highest BCUT2D eigenvalue weighted by Gasteiger charge is 2.40. The summed E-state index contributed by atoms with van der Waals surface area (Å²) in [4.78, 5) is 29.0. The Morgan fingerprint density at radius 2 is 1.83 bits per heavy atom. The summed E-state index contributed by atoms with van der Waals surface area (Å²) in [6.07, 6.45) is 2.87. The Hall–Kier alpha value is -2.32. The molecule has 2 aromatic rings. The van der Waals surface area contributed by atoms with E-state index in [2.05, 4.69) is 21.8 Å². The van der Waals surface area contributed by atoms with E-state index in [-0.39, 0.29) is 18.5 Å². The fourth-order valence-electron chi connectivity index (χ4n) is 6.04. The average Bonchev–Trinajstić information content (AvgIpc) is 3.46. The van der Waals surface area contributed by atoms with Crippen molar-refractivity contribution >= 4 is 23.3 Å². The van der Waals surface area contributed by atoms with Crippen LogP contribution in [0.5, 0.6) is 0 Å². The Balaban J connectivity index is 1.34. The number of anilines is 1. The van der Waals surface area contributed by atoms with Crippen LogP contribution in [0.25, 0.3) is 0 Å². The van der Waals surface area contributed by atoms with Crippen molar-refractivity contribution in [1.82, 2.24) is 19.8 Å². The van der Waals surface area contributed by atoms with Gasteiger partial charge in [0.2, 0.25) is 5.91 Å². The monoisotopic (exact) mass is 503 g/mol. The number of carbonyl (C=O) groups is 1. The molecule has 0 saturated carbocycles. The van der Waals surface area contributed by atoms with E-state index in [0.29, 0.717) is 43.7 Å². The molecule has 0 radical (unpaired) electrons. The van der Waals surface area contributed by atoms with Crippen LogP contribution in [0.15, 0.2) is 30.6 Å². The summed E-state index contributed by atoms with van der Waals surface area (Å²) in [6.45, 7) is 5.07. The lowest BCUT2D eigenvalue weighted by atomic mass is 9.88. The summed E-state index contributed by atoms with van der Waals surface area (Å²) in [5.74, 6) is 0.974. The molecule has 0 N–H and O–H groups in total. The van der Waals surface area contributed by atoms with Crippen LogP contribution < -0.4 is 4.90 Å². The van der Waals surface area contributed by atoms with Crippen molar-refractivity contribution in [2.75, 3.05) is 44.2 Å². The van der Waals surface area contributed by atoms with Crippen LogP contribution in [-0.4, -0.2) is 77.4 Å². The number of likely N-dealkylation sites (tertiary alicyclic amines) is 1. The Morgan fingerprint density at radius 3 is 2.54 bits per heavy atom. The van der Waals surface area contributed by atoms with Gasteiger partial charge in [0.25, 0.3) is 6.43 Å². The van der Waals surface area contributed by atoms with Gasteiger partial charge >= 0.3 is 0 Å². The Labute approximate surface area is 210 Å². The van der Waals surface area contributed by atoms with Gasteiger partial charge in [-0.05, 0) is 55.8 Å². The molecule has 2 fully saturated rings. The third-order valence-electron chi connectivity index (χ3n) is 7.81. The summed E-state index contributed by atoms with van der Waals surface area (Å²) in [7, 11) is 0. The molecule has 9 heteroatoms. The second kappa shape index (κ2) is 10.3. The van der Waals surface area contributed by atoms with E-state index in [1.165, 1.54) is 5.56 Å². The van der Waals surface area contributed by atoms with E-state index in [0.717, 1.165) is 42.8 Å². The predicted molar refractivity (Wildman–Crippen MR) is 132 cm³/mol. The van der Waals surface area contributed by atoms with E-state index in [1.54, 1.807) is 23.4 Å². The first-order valence-corrected chi connectivity index (χ1v) is 13.0. The molecule has 0 bridgehead atoms. The molecule has 3 atom stereocenters. The third-order valence-corrected chi connectivity index (χ3v) is 8.06. The number of rotatable bonds is 6. The number of nitrogens with zero attached hydrogens (tertiary/aromatic N) is 5. The summed E-state index contributed by atoms with van der Waals surface area (Å²) >= 11 is 6.11. The average molecular weight is 504 g/mol. The van der Waals surface area contributed by atoms with Gasteiger partial charge in [0.15, 0.2) is 0 Å². The predicted octanol–water partition coefficient (Wildman–Crippen LogP) is 4.34. The van der Waals surface area contributed by atoms with Gasteiger partial charge in [-0.1, -0.05) is 30.7 Å². The summed E-state index contributed by atoms with van der Waals surface area (Å²) in [5, 5.41) is 0.594. The molecule has 1 aromatic carbocycles. The standard InChI is InChI=1S/C26H32ClF2N5O/c1-17-4-9-20-23(17)25(31-16-30-20)32-11-13-33(14-12-32)26(35)24(18-5-7-19(27)8-6-18)21-3-2-10-34(21)15-22(28)29/h5-8,16-17,21-22,24H,2-4,9-15H2,1H3/t17?,21-,24-/m0/s1. The molecule has 2 aliphatic heterocycles. The molecular formula is C26H32ClF2N5O. The maximum absolute atomic E-state index is 13.9. The smallest absolute Gasteiger partial charge is 0.251 e. The molecule has 0 spiro atoms. The molecule has 1 aromatic heterocycles. The number of aryl methyl sites for hydroxylation is 1. The lowest BCUT2D eigenvalue weighted by Gasteiger charge is -2.40. The molecule has 35 heavy (non-hydrogen) atoms. The lowest BCUT2D eigenvalue weighted by molar-refractivity contribution is -0.134. The van der Waals surface area contributed by atoms with Gasteiger partial charge in [-0.25, -0.2) is 18.7 Å². The maximum Gasteiger partial charge on any atom is 0.251 e. The second-order valence-corrected chi connectivity index (χ2v) is 10.4. The molecule has 2 saturated heterocycles. The second-order valence-electron chi connectivity index (χ2n) is 9.93. The van der Waals surface area contributed by atoms with Crippen molar-refractivity contribution in [3.8, 4) is 0 Å². The Kier molecular flexibility index (Phi) is 7.21. The zero-order chi connectivity index (χ0) is 24.5. The first-order valence-electron chi connectivity index (χ1n) is 12.6. The van der Waals surface area contributed by atoms with Crippen LogP contribution in [0.2, 0.25) is 5.02 Å². The summed E-state index contributed by atoms with van der Waals surface area (Å²) < 4.78 is 26.6. The Bertz CT molecular complexity index is 1040. The fraction of sp³-hybridized carbons (Fsp3) is 0.577. The van der Waals surface area contributed by atoms with Crippen LogP contribution in [0.1, 0.15) is 54.8 Å². The van der Waals surface area contributed by atoms with Gasteiger partial charge in [-0.3, -0.25) is 9.69 Å². The number of halogens is 3. The van der Waals surface area contributed by atoms with E-state index >= 15 is 0 Å². The quantitative estimate of drug-likeness (QED) is 0.587. The number of alkyl halides is 2. The first-order chi connectivity index (χ1) is 16.9. The van der Waals surface area contributed by atoms with Crippen molar-refractivity contribution in [3.05, 3.63) is 52.4 Å². The third kappa shape index (κ3) is 5.00. The number of benzene rings is 1. The Morgan fingerprint density at radius 1 is 1.09 bits per heavy atom. The van der Waals surface area contributed by atoms with Gasteiger partial charge in [0.05, 0.1) is 12.5 Å². The highest BCUT2D eigenvalue weighted by molar-refractivity contribution is 6.30. The van der Waals surface area contributed by atoms with Gasteiger partial charge in [-0.15, -0.1) is 0 Å². The minimum Gasteiger partial charge on any atom is -0.353 e. The maximum atomic E-state index is 13.9. The first kappa shape index (κ1) is 24.4. The molecular weight excluding hydrogens is 472 g/mol. The van der Waals surface area contributed by atoms with Gasteiger partial charge in [0.1, 0.15) is 12.1 Å². The van der Waals surface area contributed by atoms with E-state index in [9.17, 15) is 13.6 Å². The summed E-state index contributed by atoms with van der Waals surface area (Å²) in [6, 6.07) is 7.05. The minimum atomic E-state index is -2.42. The topological polar surface area (TPSA) is 52.6 Å². The molecule has 1 unspecified atom stereocenters. The van der Waals surface area contributed by atoms with Crippen molar-refractivity contribution in [3.63, 3.8) is 0 Å². The zero-order valence-corrected chi connectivity index (χ0v) is 20.8. The zero-order valence-electron chi connectivity index (χ0n) is 20.0. The number of carbonyl (C=O) groups excluding carboxylic acids is 1. The molecule has 5 rings (SSSR count). The normalized spacial score (nSPS) is 23.7. The summed E-state index contributed by atoms with van der Waals surface area (Å²) in [5.41, 5.74) is 3.24. The molecule has 1 aliphatic carbocycles. The van der Waals surface area contributed by atoms with Gasteiger partial charge in [0, 0.05) is 48.5 Å². The van der Waals surface area contributed by atoms with Crippen LogP contribution in [-0.2, 0) is 11.2 Å². The number of amides is 1. The van der Waals surface area contributed by atoms with Crippen molar-refractivity contribution in [1.29, 1.82) is 0 Å². The highest BCUT2D eigenvalue weighted by Crippen LogP contribution is 2.38. The highest BCUT2D eigenvalue weighted by atomic mass is 35.5. The van der Waals surface area contributed by atoms with Gasteiger partial charge in [-0.2, -0.15) is 0 Å². The number of hydrogen-bond donors (Lipinski definition) is 0. The molecule has 1 amide bonds. The van der Waals surface area contributed by atoms with Crippen LogP contribution >= 0.6 is 11.6 Å². The van der Waals surface area contributed by atoms with Crippen LogP contribution in [0.4, 0.5) is 14.6 Å². The molecule has 6 nitrogen and oxygen atoms in total. The van der Waals surface area contributed by atoms with Crippen molar-refractivity contribution < 1.29 is 13.6 Å². The van der Waals surface area contributed by atoms with E-state index < -0.39 is 12.3 Å². The fourth-order valence-corrected chi connectivity index (χ4v) is 6.17. The molecule has 3 heterocycles. The minimum absolute atomic E-state index is 0.0134. The number of fused-ring (bicyclic) bond motifs is 1. The van der Waals surface area contributed by atoms with Crippen molar-refractivity contribution in [2.45, 2.75) is 56.9 Å². The van der Waals surface area contributed by atoms with E-state index in [4.69, 9.17) is 11.6 Å². The largest absolute Gasteiger partial charge is 0.353 e. The van der Waals surface area contributed by atoms with Crippen LogP contribution in [0.3, 0.4) is 0 Å². The molecule has 188 valence electrons. The SMILES string of the molecule is CC1CCc2ncnc(N3CCN(C(=O)[C@@H](c4ccc(Cl)cc4)[C@@H]4CCCN4CC(F)F)CC3)c21. The lowest BCUT2D eigenvalue weighted by Crippen LogP contribution is -2.53.